The molecule has 0 atom stereocenters. The molecule has 0 radical (unpaired) electrons. The summed E-state index contributed by atoms with van der Waals surface area (Å²) in [7, 11) is 0. The third-order valence-corrected chi connectivity index (χ3v) is 10.7. The van der Waals surface area contributed by atoms with Gasteiger partial charge >= 0.3 is 140 Å². The van der Waals surface area contributed by atoms with Crippen LogP contribution in [0.2, 0.25) is 0 Å². The SMILES string of the molecule is C[C](=[Hf+2])c1ccccc1.C[C](=[Hf+2])c1ccccc1.Cl.Cl.c1ccc2[cH-]ccc2c1.c1ccc2[cH-]ccc2c1.c1ccc2[cH-]ccc2c1.c1ccc2[cH-]ccc2c1. The Labute approximate surface area is 374 Å². The topological polar surface area (TPSA) is 0 Å². The minimum Gasteiger partial charge on any atom is -0.168 e. The number of rotatable bonds is 2. The first-order valence-electron chi connectivity index (χ1n) is 18.1. The predicted molar refractivity (Wildman–Crippen MR) is 245 cm³/mol. The average Bonchev–Trinajstić information content (AvgIpc) is 4.07. The number of fused-ring (bicyclic) bond motifs is 4. The zero-order valence-electron chi connectivity index (χ0n) is 31.8. The second-order valence-corrected chi connectivity index (χ2v) is 18.0. The van der Waals surface area contributed by atoms with E-state index in [0.29, 0.717) is 0 Å². The molecule has 10 rings (SSSR count). The van der Waals surface area contributed by atoms with E-state index in [-0.39, 0.29) is 24.8 Å². The van der Waals surface area contributed by atoms with Crippen LogP contribution >= 0.6 is 24.8 Å². The van der Waals surface area contributed by atoms with Crippen LogP contribution < -0.4 is 0 Å². The van der Waals surface area contributed by atoms with Gasteiger partial charge in [-0.05, 0) is 0 Å². The van der Waals surface area contributed by atoms with E-state index < -0.39 is 0 Å². The average molecular weight is 1100 g/mol. The van der Waals surface area contributed by atoms with Crippen molar-refractivity contribution in [3.63, 3.8) is 0 Å². The van der Waals surface area contributed by atoms with Crippen molar-refractivity contribution < 1.29 is 47.8 Å². The van der Waals surface area contributed by atoms with E-state index in [1.54, 1.807) is 0 Å². The molecule has 276 valence electrons. The van der Waals surface area contributed by atoms with Gasteiger partial charge in [0.25, 0.3) is 0 Å². The molecule has 0 saturated carbocycles. The maximum Gasteiger partial charge on any atom is -0.0809 e. The molecule has 0 unspecified atom stereocenters. The number of hydrogen-bond acceptors (Lipinski definition) is 0. The summed E-state index contributed by atoms with van der Waals surface area (Å²) in [6, 6.07) is 79.7. The Bertz CT molecular complexity index is 2130. The maximum atomic E-state index is 2.18. The van der Waals surface area contributed by atoms with Gasteiger partial charge in [0.2, 0.25) is 0 Å². The predicted octanol–water partition coefficient (Wildman–Crippen LogP) is 14.6. The second-order valence-electron chi connectivity index (χ2n) is 12.6. The minimum atomic E-state index is 0. The van der Waals surface area contributed by atoms with Crippen molar-refractivity contribution in [1.82, 2.24) is 0 Å². The first-order chi connectivity index (χ1) is 26.5. The van der Waals surface area contributed by atoms with Crippen molar-refractivity contribution in [2.75, 3.05) is 0 Å². The summed E-state index contributed by atoms with van der Waals surface area (Å²) < 4.78 is 3.02. The fourth-order valence-electron chi connectivity index (χ4n) is 5.66. The Morgan fingerprint density at radius 2 is 0.518 bits per heavy atom. The van der Waals surface area contributed by atoms with Crippen molar-refractivity contribution in [3.8, 4) is 0 Å². The van der Waals surface area contributed by atoms with Gasteiger partial charge in [-0.1, -0.05) is 24.3 Å². The van der Waals surface area contributed by atoms with Crippen molar-refractivity contribution in [2.24, 2.45) is 0 Å². The molecule has 0 aliphatic heterocycles. The molecule has 10 aromatic rings. The van der Waals surface area contributed by atoms with E-state index in [1.807, 2.05) is 12.1 Å². The van der Waals surface area contributed by atoms with Crippen molar-refractivity contribution in [3.05, 3.63) is 242 Å². The first kappa shape index (κ1) is 46.2. The molecule has 0 bridgehead atoms. The number of benzene rings is 6. The Kier molecular flexibility index (Phi) is 21.3. The summed E-state index contributed by atoms with van der Waals surface area (Å²) in [6.07, 6.45) is 0. The van der Waals surface area contributed by atoms with E-state index in [0.717, 1.165) is 0 Å². The van der Waals surface area contributed by atoms with Gasteiger partial charge in [-0.3, -0.25) is 0 Å². The third kappa shape index (κ3) is 15.4. The van der Waals surface area contributed by atoms with E-state index in [9.17, 15) is 0 Å². The van der Waals surface area contributed by atoms with Crippen LogP contribution in [0, 0.1) is 0 Å². The molecule has 0 aliphatic carbocycles. The molecular weight excluding hydrogens is 1050 g/mol. The molecule has 0 saturated heterocycles. The van der Waals surface area contributed by atoms with Crippen LogP contribution in [0.1, 0.15) is 25.0 Å². The molecule has 0 fully saturated rings. The number of hydrogen-bond donors (Lipinski definition) is 0. The van der Waals surface area contributed by atoms with Gasteiger partial charge in [-0.25, -0.2) is 0 Å². The molecule has 0 aromatic heterocycles. The molecule has 0 aliphatic rings. The molecule has 10 aromatic carbocycles. The first-order valence-corrected chi connectivity index (χ1v) is 21.7. The van der Waals surface area contributed by atoms with Crippen LogP contribution in [0.4, 0.5) is 0 Å². The fourth-order valence-corrected chi connectivity index (χ4v) is 6.85. The molecular formula is C52H46Cl2Hf2. The summed E-state index contributed by atoms with van der Waals surface area (Å²) in [5.41, 5.74) is 2.79. The van der Waals surface area contributed by atoms with Crippen molar-refractivity contribution in [1.29, 1.82) is 0 Å². The molecule has 4 heteroatoms. The molecule has 0 spiro atoms. The van der Waals surface area contributed by atoms with Gasteiger partial charge in [0.15, 0.2) is 0 Å². The Hall–Kier alpha value is -4.18. The minimum absolute atomic E-state index is 0. The maximum absolute atomic E-state index is 2.18. The number of halogens is 2. The van der Waals surface area contributed by atoms with Gasteiger partial charge < -0.3 is 0 Å². The molecule has 0 amide bonds. The summed E-state index contributed by atoms with van der Waals surface area (Å²) in [4.78, 5) is 0. The largest absolute Gasteiger partial charge is 0.168 e. The molecule has 56 heavy (non-hydrogen) atoms. The Balaban J connectivity index is 0.000000179. The van der Waals surface area contributed by atoms with Gasteiger partial charge in [-0.15, -0.1) is 143 Å². The van der Waals surface area contributed by atoms with E-state index in [1.165, 1.54) is 109 Å². The summed E-state index contributed by atoms with van der Waals surface area (Å²) in [5.74, 6) is 0. The van der Waals surface area contributed by atoms with E-state index in [4.69, 9.17) is 0 Å². The van der Waals surface area contributed by atoms with E-state index >= 15 is 0 Å². The quantitative estimate of drug-likeness (QED) is 0.120. The van der Waals surface area contributed by atoms with Crippen LogP contribution in [0.25, 0.3) is 43.1 Å². The molecule has 0 heterocycles. The van der Waals surface area contributed by atoms with Crippen LogP contribution in [0.5, 0.6) is 0 Å². The molecule has 0 nitrogen and oxygen atoms in total. The van der Waals surface area contributed by atoms with Crippen molar-refractivity contribution >= 4 is 74.4 Å². The molecule has 0 N–H and O–H groups in total. The second kappa shape index (κ2) is 25.9. The van der Waals surface area contributed by atoms with Gasteiger partial charge in [-0.2, -0.15) is 70.1 Å². The van der Waals surface area contributed by atoms with Crippen LogP contribution in [-0.2, 0) is 47.8 Å². The van der Waals surface area contributed by atoms with Crippen molar-refractivity contribution in [2.45, 2.75) is 13.8 Å². The van der Waals surface area contributed by atoms with Crippen LogP contribution in [0.15, 0.2) is 231 Å². The van der Waals surface area contributed by atoms with Crippen LogP contribution in [0.3, 0.4) is 0 Å². The van der Waals surface area contributed by atoms with Gasteiger partial charge in [0.05, 0.1) is 0 Å². The third-order valence-electron chi connectivity index (χ3n) is 8.60. The Morgan fingerprint density at radius 3 is 0.714 bits per heavy atom. The standard InChI is InChI=1S/4C9H7.2C8H8.2ClH.2Hf/c4*1-2-5-9-7-3-6-8(9)4-1;2*1-2-8-6-4-3-5-7-8;;;;/h4*1-7H;2*3-7H,1H3;2*1H;;/q4*-1;;;;;2*+2. The van der Waals surface area contributed by atoms with Gasteiger partial charge in [0, 0.05) is 0 Å². The monoisotopic (exact) mass is 1100 g/mol. The smallest absolute Gasteiger partial charge is 0.0809 e. The van der Waals surface area contributed by atoms with Crippen LogP contribution in [-0.4, -0.2) is 6.51 Å². The zero-order chi connectivity index (χ0) is 37.8. The normalized spacial score (nSPS) is 9.54. The van der Waals surface area contributed by atoms with Gasteiger partial charge in [0.1, 0.15) is 0 Å². The fraction of sp³-hybridized carbons (Fsp3) is 0.0385. The zero-order valence-corrected chi connectivity index (χ0v) is 40.6. The Morgan fingerprint density at radius 1 is 0.304 bits per heavy atom. The van der Waals surface area contributed by atoms with E-state index in [2.05, 4.69) is 232 Å². The summed E-state index contributed by atoms with van der Waals surface area (Å²) >= 11 is 2.35. The summed E-state index contributed by atoms with van der Waals surface area (Å²) in [5, 5.41) is 10.6. The summed E-state index contributed by atoms with van der Waals surface area (Å²) in [6.45, 7) is 4.36.